The maximum Gasteiger partial charge on any atom is 0.326 e. The zero-order valence-electron chi connectivity index (χ0n) is 10.6. The van der Waals surface area contributed by atoms with E-state index in [2.05, 4.69) is 10.6 Å². The van der Waals surface area contributed by atoms with Gasteiger partial charge in [0.15, 0.2) is 0 Å². The predicted octanol–water partition coefficient (Wildman–Crippen LogP) is 2.43. The first-order valence-corrected chi connectivity index (χ1v) is 6.51. The Morgan fingerprint density at radius 3 is 2.14 bits per heavy atom. The molecule has 0 fully saturated rings. The molecule has 114 valence electrons. The van der Waals surface area contributed by atoms with Crippen molar-refractivity contribution < 1.29 is 24.6 Å². The summed E-state index contributed by atoms with van der Waals surface area (Å²) in [6.07, 6.45) is -0.603. The highest BCUT2D eigenvalue weighted by Gasteiger charge is 2.21. The second-order valence-corrected chi connectivity index (χ2v) is 4.95. The molecule has 0 aliphatic carbocycles. The molecule has 1 aromatic rings. The van der Waals surface area contributed by atoms with E-state index in [1.165, 1.54) is 18.2 Å². The van der Waals surface area contributed by atoms with E-state index in [9.17, 15) is 14.4 Å². The van der Waals surface area contributed by atoms with Gasteiger partial charge in [0.25, 0.3) is 0 Å². The zero-order chi connectivity index (χ0) is 16.0. The Bertz CT molecular complexity index is 544. The third-order valence-electron chi connectivity index (χ3n) is 2.37. The van der Waals surface area contributed by atoms with Gasteiger partial charge in [-0.25, -0.2) is 9.59 Å². The Morgan fingerprint density at radius 1 is 1.10 bits per heavy atom. The van der Waals surface area contributed by atoms with Crippen molar-refractivity contribution in [3.8, 4) is 0 Å². The maximum atomic E-state index is 11.7. The lowest BCUT2D eigenvalue weighted by Crippen LogP contribution is -2.43. The Balaban J connectivity index is 2.65. The van der Waals surface area contributed by atoms with Crippen molar-refractivity contribution in [2.75, 3.05) is 5.32 Å². The summed E-state index contributed by atoms with van der Waals surface area (Å²) in [4.78, 5) is 33.0. The molecule has 4 N–H and O–H groups in total. The van der Waals surface area contributed by atoms with Crippen molar-refractivity contribution in [2.24, 2.45) is 0 Å². The minimum absolute atomic E-state index is 0.228. The van der Waals surface area contributed by atoms with Crippen molar-refractivity contribution in [3.63, 3.8) is 0 Å². The van der Waals surface area contributed by atoms with Crippen LogP contribution in [0.3, 0.4) is 0 Å². The fourth-order valence-electron chi connectivity index (χ4n) is 1.48. The number of nitrogens with one attached hydrogen (secondary N) is 2. The number of carbonyl (C=O) groups is 3. The molecule has 0 aliphatic rings. The van der Waals surface area contributed by atoms with E-state index in [1.807, 2.05) is 0 Å². The Labute approximate surface area is 129 Å². The number of amides is 2. The van der Waals surface area contributed by atoms with E-state index < -0.39 is 24.0 Å². The lowest BCUT2D eigenvalue weighted by molar-refractivity contribution is -0.140. The number of rotatable bonds is 6. The third-order valence-corrected chi connectivity index (χ3v) is 2.81. The summed E-state index contributed by atoms with van der Waals surface area (Å²) < 4.78 is 0. The Morgan fingerprint density at radius 2 is 1.67 bits per heavy atom. The second-order valence-electron chi connectivity index (χ2n) is 4.08. The van der Waals surface area contributed by atoms with Crippen LogP contribution in [0.4, 0.5) is 10.5 Å². The molecule has 2 amide bonds. The van der Waals surface area contributed by atoms with Crippen LogP contribution >= 0.6 is 23.2 Å². The lowest BCUT2D eigenvalue weighted by atomic mass is 10.1. The Kier molecular flexibility index (Phi) is 6.26. The van der Waals surface area contributed by atoms with Gasteiger partial charge in [-0.2, -0.15) is 0 Å². The molecule has 0 saturated carbocycles. The molecule has 1 unspecified atom stereocenters. The molecule has 0 radical (unpaired) electrons. The largest absolute Gasteiger partial charge is 0.481 e. The van der Waals surface area contributed by atoms with Crippen LogP contribution in [0.15, 0.2) is 18.2 Å². The molecule has 0 aromatic heterocycles. The van der Waals surface area contributed by atoms with Gasteiger partial charge >= 0.3 is 18.0 Å². The molecule has 0 saturated heterocycles. The number of benzene rings is 1. The first-order chi connectivity index (χ1) is 9.77. The topological polar surface area (TPSA) is 116 Å². The van der Waals surface area contributed by atoms with Crippen LogP contribution in [0.25, 0.3) is 0 Å². The van der Waals surface area contributed by atoms with Crippen LogP contribution in [-0.4, -0.2) is 34.2 Å². The average Bonchev–Trinajstić information content (AvgIpc) is 2.32. The highest BCUT2D eigenvalue weighted by atomic mass is 35.5. The molecule has 1 atom stereocenters. The molecule has 0 bridgehead atoms. The molecule has 0 spiro atoms. The van der Waals surface area contributed by atoms with Gasteiger partial charge < -0.3 is 20.8 Å². The van der Waals surface area contributed by atoms with Crippen molar-refractivity contribution in [1.29, 1.82) is 0 Å². The van der Waals surface area contributed by atoms with Crippen LogP contribution in [-0.2, 0) is 9.59 Å². The lowest BCUT2D eigenvalue weighted by Gasteiger charge is -2.14. The molecule has 9 heteroatoms. The number of hydrogen-bond donors (Lipinski definition) is 4. The smallest absolute Gasteiger partial charge is 0.326 e. The van der Waals surface area contributed by atoms with Gasteiger partial charge in [0.2, 0.25) is 0 Å². The highest BCUT2D eigenvalue weighted by Crippen LogP contribution is 2.22. The van der Waals surface area contributed by atoms with Crippen molar-refractivity contribution in [1.82, 2.24) is 5.32 Å². The molecular weight excluding hydrogens is 323 g/mol. The zero-order valence-corrected chi connectivity index (χ0v) is 12.1. The fourth-order valence-corrected chi connectivity index (χ4v) is 2.00. The SMILES string of the molecule is O=C(O)CCC(NC(=O)Nc1cc(Cl)cc(Cl)c1)C(=O)O. The fraction of sp³-hybridized carbons (Fsp3) is 0.250. The number of carboxylic acids is 2. The summed E-state index contributed by atoms with van der Waals surface area (Å²) in [5.41, 5.74) is 0.285. The van der Waals surface area contributed by atoms with E-state index >= 15 is 0 Å². The number of urea groups is 1. The molecule has 7 nitrogen and oxygen atoms in total. The summed E-state index contributed by atoms with van der Waals surface area (Å²) in [7, 11) is 0. The van der Waals surface area contributed by atoms with Gasteiger partial charge in [0.05, 0.1) is 0 Å². The molecule has 21 heavy (non-hydrogen) atoms. The summed E-state index contributed by atoms with van der Waals surface area (Å²) in [5, 5.41) is 22.6. The Hall–Kier alpha value is -1.99. The van der Waals surface area contributed by atoms with Crippen LogP contribution in [0, 0.1) is 0 Å². The predicted molar refractivity (Wildman–Crippen MR) is 76.9 cm³/mol. The van der Waals surface area contributed by atoms with Crippen LogP contribution in [0.5, 0.6) is 0 Å². The number of carboxylic acid groups (broad SMARTS) is 2. The highest BCUT2D eigenvalue weighted by molar-refractivity contribution is 6.35. The molecular formula is C12H12Cl2N2O5. The van der Waals surface area contributed by atoms with Crippen molar-refractivity contribution >= 4 is 46.9 Å². The number of carbonyl (C=O) groups excluding carboxylic acids is 1. The van der Waals surface area contributed by atoms with E-state index in [0.29, 0.717) is 10.0 Å². The van der Waals surface area contributed by atoms with Gasteiger partial charge in [-0.15, -0.1) is 0 Å². The third kappa shape index (κ3) is 6.33. The van der Waals surface area contributed by atoms with E-state index in [0.717, 1.165) is 0 Å². The summed E-state index contributed by atoms with van der Waals surface area (Å²) in [5.74, 6) is -2.47. The van der Waals surface area contributed by atoms with Gasteiger partial charge in [-0.1, -0.05) is 23.2 Å². The number of anilines is 1. The number of aliphatic carboxylic acids is 2. The van der Waals surface area contributed by atoms with E-state index in [4.69, 9.17) is 33.4 Å². The molecule has 0 heterocycles. The first kappa shape index (κ1) is 17.1. The summed E-state index contributed by atoms with van der Waals surface area (Å²) in [6, 6.07) is 2.22. The number of hydrogen-bond acceptors (Lipinski definition) is 3. The van der Waals surface area contributed by atoms with Crippen LogP contribution in [0.1, 0.15) is 12.8 Å². The van der Waals surface area contributed by atoms with Gasteiger partial charge in [0, 0.05) is 22.2 Å². The summed E-state index contributed by atoms with van der Waals surface area (Å²) in [6.45, 7) is 0. The van der Waals surface area contributed by atoms with Crippen molar-refractivity contribution in [2.45, 2.75) is 18.9 Å². The van der Waals surface area contributed by atoms with Crippen LogP contribution < -0.4 is 10.6 Å². The molecule has 1 aromatic carbocycles. The minimum atomic E-state index is -1.32. The van der Waals surface area contributed by atoms with E-state index in [-0.39, 0.29) is 18.5 Å². The number of halogens is 2. The van der Waals surface area contributed by atoms with Crippen molar-refractivity contribution in [3.05, 3.63) is 28.2 Å². The first-order valence-electron chi connectivity index (χ1n) is 5.76. The quantitative estimate of drug-likeness (QED) is 0.637. The molecule has 0 aliphatic heterocycles. The standard InChI is InChI=1S/C12H12Cl2N2O5/c13-6-3-7(14)5-8(4-6)15-12(21)16-9(11(19)20)1-2-10(17)18/h3-5,9H,1-2H2,(H,17,18)(H,19,20)(H2,15,16,21). The van der Waals surface area contributed by atoms with Gasteiger partial charge in [0.1, 0.15) is 6.04 Å². The molecule has 1 rings (SSSR count). The average molecular weight is 335 g/mol. The van der Waals surface area contributed by atoms with Gasteiger partial charge in [-0.05, 0) is 24.6 Å². The summed E-state index contributed by atoms with van der Waals surface area (Å²) >= 11 is 11.5. The normalized spacial score (nSPS) is 11.5. The monoisotopic (exact) mass is 334 g/mol. The minimum Gasteiger partial charge on any atom is -0.481 e. The second kappa shape index (κ2) is 7.70. The van der Waals surface area contributed by atoms with E-state index in [1.54, 1.807) is 0 Å². The van der Waals surface area contributed by atoms with Crippen LogP contribution in [0.2, 0.25) is 10.0 Å². The maximum absolute atomic E-state index is 11.7. The van der Waals surface area contributed by atoms with Gasteiger partial charge in [-0.3, -0.25) is 4.79 Å².